The van der Waals surface area contributed by atoms with Gasteiger partial charge in [0.2, 0.25) is 5.91 Å². The maximum Gasteiger partial charge on any atom is 0.325 e. The second-order valence-corrected chi connectivity index (χ2v) is 7.54. The summed E-state index contributed by atoms with van der Waals surface area (Å²) in [5, 5.41) is 0.576. The zero-order chi connectivity index (χ0) is 21.1. The van der Waals surface area contributed by atoms with Crippen molar-refractivity contribution in [1.29, 1.82) is 0 Å². The Kier molecular flexibility index (Phi) is 6.22. The minimum absolute atomic E-state index is 0.0778. The highest BCUT2D eigenvalue weighted by molar-refractivity contribution is 6.31. The van der Waals surface area contributed by atoms with Gasteiger partial charge in [0.1, 0.15) is 0 Å². The van der Waals surface area contributed by atoms with Gasteiger partial charge < -0.3 is 14.8 Å². The van der Waals surface area contributed by atoms with E-state index in [0.29, 0.717) is 30.2 Å². The number of benzene rings is 1. The zero-order valence-corrected chi connectivity index (χ0v) is 17.1. The lowest BCUT2D eigenvalue weighted by molar-refractivity contribution is -0.134. The van der Waals surface area contributed by atoms with Crippen LogP contribution in [0.3, 0.4) is 0 Å². The Morgan fingerprint density at radius 2 is 1.93 bits per heavy atom. The summed E-state index contributed by atoms with van der Waals surface area (Å²) in [5.41, 5.74) is 0.592. The van der Waals surface area contributed by atoms with Crippen LogP contribution in [0.2, 0.25) is 5.02 Å². The summed E-state index contributed by atoms with van der Waals surface area (Å²) in [6.07, 6.45) is 0.717. The van der Waals surface area contributed by atoms with Crippen molar-refractivity contribution in [3.05, 3.63) is 66.9 Å². The van der Waals surface area contributed by atoms with E-state index in [0.717, 1.165) is 12.0 Å². The first-order valence-corrected chi connectivity index (χ1v) is 9.86. The molecule has 1 aliphatic rings. The summed E-state index contributed by atoms with van der Waals surface area (Å²) >= 11 is 6.23. The van der Waals surface area contributed by atoms with E-state index >= 15 is 0 Å². The lowest BCUT2D eigenvalue weighted by atomic mass is 10.1. The van der Waals surface area contributed by atoms with Crippen molar-refractivity contribution in [3.63, 3.8) is 0 Å². The number of carbonyl (C=O) groups is 2. The molecule has 0 unspecified atom stereocenters. The van der Waals surface area contributed by atoms with Gasteiger partial charge in [0.15, 0.2) is 0 Å². The molecule has 3 rings (SSSR count). The quantitative estimate of drug-likeness (QED) is 0.777. The first kappa shape index (κ1) is 20.9. The normalized spacial score (nSPS) is 16.7. The van der Waals surface area contributed by atoms with Gasteiger partial charge in [-0.3, -0.25) is 19.4 Å². The van der Waals surface area contributed by atoms with Crippen LogP contribution in [0.15, 0.2) is 33.9 Å². The number of hydrogen-bond acceptors (Lipinski definition) is 4. The molecule has 8 nitrogen and oxygen atoms in total. The third-order valence-corrected chi connectivity index (χ3v) is 5.43. The van der Waals surface area contributed by atoms with E-state index in [1.54, 1.807) is 21.9 Å². The fourth-order valence-electron chi connectivity index (χ4n) is 3.54. The fraction of sp³-hybridized carbons (Fsp3) is 0.400. The van der Waals surface area contributed by atoms with E-state index in [1.165, 1.54) is 6.07 Å². The molecule has 154 valence electrons. The molecule has 1 saturated heterocycles. The van der Waals surface area contributed by atoms with Crippen molar-refractivity contribution in [2.75, 3.05) is 19.6 Å². The summed E-state index contributed by atoms with van der Waals surface area (Å²) in [7, 11) is 0. The van der Waals surface area contributed by atoms with Gasteiger partial charge in [0.25, 0.3) is 11.5 Å². The van der Waals surface area contributed by atoms with E-state index in [-0.39, 0.29) is 30.0 Å². The smallest absolute Gasteiger partial charge is 0.325 e. The molecule has 2 amide bonds. The second kappa shape index (κ2) is 8.65. The number of rotatable bonds is 4. The number of amides is 2. The lowest BCUT2D eigenvalue weighted by Gasteiger charge is -2.40. The number of aromatic nitrogens is 2. The standard InChI is InChI=1S/C20H23ClN4O4/c1-3-13-4-5-14(8-16(13)21)19(28)24-6-7-25(12(2)11-24)18(27)10-15-9-17(26)23-20(29)22-15/h4-5,8-9,12H,3,6-7,10-11H2,1-2H3,(H2,22,23,26,29)/t12-/m1/s1. The van der Waals surface area contributed by atoms with Gasteiger partial charge in [0, 0.05) is 48.0 Å². The summed E-state index contributed by atoms with van der Waals surface area (Å²) in [6.45, 7) is 5.03. The summed E-state index contributed by atoms with van der Waals surface area (Å²) in [6, 6.07) is 6.33. The first-order valence-electron chi connectivity index (χ1n) is 9.48. The molecule has 0 spiro atoms. The van der Waals surface area contributed by atoms with Crippen LogP contribution in [-0.2, 0) is 17.6 Å². The Hall–Kier alpha value is -2.87. The molecular weight excluding hydrogens is 396 g/mol. The molecule has 29 heavy (non-hydrogen) atoms. The number of H-pyrrole nitrogens is 2. The third-order valence-electron chi connectivity index (χ3n) is 5.07. The molecule has 9 heteroatoms. The van der Waals surface area contributed by atoms with Crippen LogP contribution in [0, 0.1) is 0 Å². The zero-order valence-electron chi connectivity index (χ0n) is 16.3. The third kappa shape index (κ3) is 4.76. The maximum absolute atomic E-state index is 12.8. The molecule has 0 bridgehead atoms. The molecule has 1 aliphatic heterocycles. The number of piperazine rings is 1. The second-order valence-electron chi connectivity index (χ2n) is 7.14. The van der Waals surface area contributed by atoms with Gasteiger partial charge in [-0.15, -0.1) is 0 Å². The number of hydrogen-bond donors (Lipinski definition) is 2. The fourth-order valence-corrected chi connectivity index (χ4v) is 3.86. The van der Waals surface area contributed by atoms with Crippen LogP contribution in [-0.4, -0.2) is 57.3 Å². The monoisotopic (exact) mass is 418 g/mol. The predicted molar refractivity (Wildman–Crippen MR) is 109 cm³/mol. The molecule has 2 N–H and O–H groups in total. The Morgan fingerprint density at radius 3 is 2.55 bits per heavy atom. The number of aromatic amines is 2. The van der Waals surface area contributed by atoms with Gasteiger partial charge in [-0.05, 0) is 31.0 Å². The van der Waals surface area contributed by atoms with Crippen LogP contribution >= 0.6 is 11.6 Å². The Morgan fingerprint density at radius 1 is 1.17 bits per heavy atom. The number of nitrogens with zero attached hydrogens (tertiary/aromatic N) is 2. The van der Waals surface area contributed by atoms with Crippen molar-refractivity contribution in [3.8, 4) is 0 Å². The number of nitrogens with one attached hydrogen (secondary N) is 2. The first-order chi connectivity index (χ1) is 13.8. The van der Waals surface area contributed by atoms with Gasteiger partial charge in [-0.2, -0.15) is 0 Å². The van der Waals surface area contributed by atoms with E-state index in [9.17, 15) is 19.2 Å². The topological polar surface area (TPSA) is 106 Å². The molecular formula is C20H23ClN4O4. The minimum atomic E-state index is -0.642. The average Bonchev–Trinajstić information content (AvgIpc) is 2.66. The predicted octanol–water partition coefficient (Wildman–Crippen LogP) is 1.19. The summed E-state index contributed by atoms with van der Waals surface area (Å²) in [4.78, 5) is 56.1. The highest BCUT2D eigenvalue weighted by Gasteiger charge is 2.30. The SMILES string of the molecule is CCc1ccc(C(=O)N2CCN(C(=O)Cc3cc(=O)[nH]c(=O)[nH]3)[C@H](C)C2)cc1Cl. The van der Waals surface area contributed by atoms with Crippen LogP contribution < -0.4 is 11.2 Å². The van der Waals surface area contributed by atoms with Crippen LogP contribution in [0.5, 0.6) is 0 Å². The van der Waals surface area contributed by atoms with Gasteiger partial charge in [-0.1, -0.05) is 24.6 Å². The van der Waals surface area contributed by atoms with Gasteiger partial charge in [-0.25, -0.2) is 4.79 Å². The average molecular weight is 419 g/mol. The number of aryl methyl sites for hydroxylation is 1. The lowest BCUT2D eigenvalue weighted by Crippen LogP contribution is -2.55. The molecule has 0 radical (unpaired) electrons. The van der Waals surface area contributed by atoms with Crippen molar-refractivity contribution in [2.45, 2.75) is 32.7 Å². The van der Waals surface area contributed by atoms with Crippen molar-refractivity contribution in [1.82, 2.24) is 19.8 Å². The molecule has 1 aromatic carbocycles. The van der Waals surface area contributed by atoms with Crippen molar-refractivity contribution in [2.24, 2.45) is 0 Å². The molecule has 1 aromatic heterocycles. The Labute approximate surface area is 172 Å². The highest BCUT2D eigenvalue weighted by Crippen LogP contribution is 2.21. The molecule has 1 fully saturated rings. The minimum Gasteiger partial charge on any atom is -0.336 e. The molecule has 0 saturated carbocycles. The van der Waals surface area contributed by atoms with Crippen molar-refractivity contribution >= 4 is 23.4 Å². The number of carbonyl (C=O) groups excluding carboxylic acids is 2. The van der Waals surface area contributed by atoms with E-state index < -0.39 is 11.2 Å². The van der Waals surface area contributed by atoms with Crippen LogP contribution in [0.4, 0.5) is 0 Å². The molecule has 0 aliphatic carbocycles. The van der Waals surface area contributed by atoms with Crippen molar-refractivity contribution < 1.29 is 9.59 Å². The van der Waals surface area contributed by atoms with Gasteiger partial charge in [0.05, 0.1) is 6.42 Å². The van der Waals surface area contributed by atoms with E-state index in [2.05, 4.69) is 9.97 Å². The maximum atomic E-state index is 12.8. The van der Waals surface area contributed by atoms with Gasteiger partial charge >= 0.3 is 5.69 Å². The van der Waals surface area contributed by atoms with E-state index in [1.807, 2.05) is 19.9 Å². The highest BCUT2D eigenvalue weighted by atomic mass is 35.5. The van der Waals surface area contributed by atoms with E-state index in [4.69, 9.17) is 11.6 Å². The Balaban J connectivity index is 1.66. The molecule has 2 aromatic rings. The largest absolute Gasteiger partial charge is 0.336 e. The number of halogens is 1. The van der Waals surface area contributed by atoms with Crippen LogP contribution in [0.25, 0.3) is 0 Å². The molecule has 2 heterocycles. The Bertz CT molecular complexity index is 1020. The molecule has 1 atom stereocenters. The van der Waals surface area contributed by atoms with Crippen LogP contribution in [0.1, 0.15) is 35.5 Å². The summed E-state index contributed by atoms with van der Waals surface area (Å²) in [5.74, 6) is -0.325. The summed E-state index contributed by atoms with van der Waals surface area (Å²) < 4.78 is 0.